The Morgan fingerprint density at radius 1 is 1.04 bits per heavy atom. The number of nitrogens with one attached hydrogen (secondary N) is 2. The normalized spacial score (nSPS) is 10.8. The standard InChI is InChI=1S/C18H12Cl2N2O3S/c19-11-3-6-13(14(10-11)22-18(24)15-2-1-9-25-15)21-17(23)8-5-12-4-7-16(20)26-12/h1-10H,(H,21,23)(H,22,24). The smallest absolute Gasteiger partial charge is 0.291 e. The number of furan rings is 1. The van der Waals surface area contributed by atoms with Gasteiger partial charge in [0, 0.05) is 16.0 Å². The van der Waals surface area contributed by atoms with Gasteiger partial charge in [-0.05, 0) is 48.5 Å². The van der Waals surface area contributed by atoms with Gasteiger partial charge in [0.25, 0.3) is 5.91 Å². The highest BCUT2D eigenvalue weighted by atomic mass is 35.5. The lowest BCUT2D eigenvalue weighted by atomic mass is 10.2. The van der Waals surface area contributed by atoms with Crippen LogP contribution in [0.4, 0.5) is 11.4 Å². The second-order valence-electron chi connectivity index (χ2n) is 5.09. The lowest BCUT2D eigenvalue weighted by molar-refractivity contribution is -0.111. The molecule has 0 fully saturated rings. The van der Waals surface area contributed by atoms with Crippen molar-refractivity contribution < 1.29 is 14.0 Å². The Morgan fingerprint density at radius 3 is 2.58 bits per heavy atom. The number of hydrogen-bond donors (Lipinski definition) is 2. The molecule has 2 N–H and O–H groups in total. The first-order valence-electron chi connectivity index (χ1n) is 7.40. The monoisotopic (exact) mass is 406 g/mol. The minimum absolute atomic E-state index is 0.150. The van der Waals surface area contributed by atoms with Gasteiger partial charge in [0.15, 0.2) is 5.76 Å². The molecule has 26 heavy (non-hydrogen) atoms. The first kappa shape index (κ1) is 18.3. The predicted octanol–water partition coefficient (Wildman–Crippen LogP) is 5.55. The van der Waals surface area contributed by atoms with Crippen molar-refractivity contribution >= 4 is 63.8 Å². The molecule has 0 spiro atoms. The van der Waals surface area contributed by atoms with E-state index in [4.69, 9.17) is 27.6 Å². The topological polar surface area (TPSA) is 71.3 Å². The third-order valence-corrected chi connectivity index (χ3v) is 4.66. The number of amides is 2. The zero-order chi connectivity index (χ0) is 18.5. The second kappa shape index (κ2) is 8.23. The number of carbonyl (C=O) groups is 2. The molecule has 0 aliphatic rings. The number of thiophene rings is 1. The molecule has 3 rings (SSSR count). The highest BCUT2D eigenvalue weighted by Crippen LogP contribution is 2.27. The van der Waals surface area contributed by atoms with Crippen LogP contribution in [0.2, 0.25) is 9.36 Å². The SMILES string of the molecule is O=C(C=Cc1ccc(Cl)s1)Nc1ccc(Cl)cc1NC(=O)c1ccco1. The van der Waals surface area contributed by atoms with Crippen LogP contribution in [-0.4, -0.2) is 11.8 Å². The van der Waals surface area contributed by atoms with E-state index in [1.807, 2.05) is 6.07 Å². The number of carbonyl (C=O) groups excluding carboxylic acids is 2. The average Bonchev–Trinajstić information content (AvgIpc) is 3.27. The third-order valence-electron chi connectivity index (χ3n) is 3.23. The molecule has 1 aromatic carbocycles. The lowest BCUT2D eigenvalue weighted by Gasteiger charge is -2.11. The van der Waals surface area contributed by atoms with Crippen LogP contribution in [0.15, 0.2) is 59.2 Å². The van der Waals surface area contributed by atoms with Crippen molar-refractivity contribution in [1.29, 1.82) is 0 Å². The van der Waals surface area contributed by atoms with E-state index in [-0.39, 0.29) is 11.7 Å². The van der Waals surface area contributed by atoms with Gasteiger partial charge in [0.2, 0.25) is 5.91 Å². The van der Waals surface area contributed by atoms with Crippen molar-refractivity contribution in [2.24, 2.45) is 0 Å². The highest BCUT2D eigenvalue weighted by molar-refractivity contribution is 7.17. The average molecular weight is 407 g/mol. The summed E-state index contributed by atoms with van der Waals surface area (Å²) in [6.45, 7) is 0. The fourth-order valence-corrected chi connectivity index (χ4v) is 3.21. The fourth-order valence-electron chi connectivity index (χ4n) is 2.07. The Hall–Kier alpha value is -2.54. The number of rotatable bonds is 5. The summed E-state index contributed by atoms with van der Waals surface area (Å²) in [4.78, 5) is 25.2. The van der Waals surface area contributed by atoms with Crippen LogP contribution in [0, 0.1) is 0 Å². The summed E-state index contributed by atoms with van der Waals surface area (Å²) in [5.41, 5.74) is 0.771. The van der Waals surface area contributed by atoms with Gasteiger partial charge in [0.05, 0.1) is 22.0 Å². The Balaban J connectivity index is 1.73. The molecule has 0 saturated heterocycles. The molecule has 3 aromatic rings. The fraction of sp³-hybridized carbons (Fsp3) is 0. The molecular weight excluding hydrogens is 395 g/mol. The zero-order valence-corrected chi connectivity index (χ0v) is 15.5. The van der Waals surface area contributed by atoms with Gasteiger partial charge in [-0.1, -0.05) is 23.2 Å². The molecule has 5 nitrogen and oxygen atoms in total. The second-order valence-corrected chi connectivity index (χ2v) is 7.27. The van der Waals surface area contributed by atoms with E-state index in [0.29, 0.717) is 20.7 Å². The van der Waals surface area contributed by atoms with Crippen LogP contribution >= 0.6 is 34.5 Å². The Bertz CT molecular complexity index is 965. The van der Waals surface area contributed by atoms with Crippen molar-refractivity contribution in [3.8, 4) is 0 Å². The van der Waals surface area contributed by atoms with Crippen molar-refractivity contribution in [3.63, 3.8) is 0 Å². The van der Waals surface area contributed by atoms with Gasteiger partial charge in [-0.15, -0.1) is 11.3 Å². The van der Waals surface area contributed by atoms with Crippen LogP contribution in [0.25, 0.3) is 6.08 Å². The zero-order valence-electron chi connectivity index (χ0n) is 13.2. The predicted molar refractivity (Wildman–Crippen MR) is 105 cm³/mol. The van der Waals surface area contributed by atoms with Crippen LogP contribution in [0.1, 0.15) is 15.4 Å². The first-order valence-corrected chi connectivity index (χ1v) is 8.97. The molecule has 8 heteroatoms. The minimum atomic E-state index is -0.448. The van der Waals surface area contributed by atoms with Gasteiger partial charge < -0.3 is 15.1 Å². The van der Waals surface area contributed by atoms with Crippen molar-refractivity contribution in [2.45, 2.75) is 0 Å². The summed E-state index contributed by atoms with van der Waals surface area (Å²) in [7, 11) is 0. The highest BCUT2D eigenvalue weighted by Gasteiger charge is 2.13. The summed E-state index contributed by atoms with van der Waals surface area (Å²) in [5, 5.41) is 5.79. The summed E-state index contributed by atoms with van der Waals surface area (Å²) in [5.74, 6) is -0.654. The van der Waals surface area contributed by atoms with E-state index in [1.54, 1.807) is 36.4 Å². The van der Waals surface area contributed by atoms with Gasteiger partial charge >= 0.3 is 0 Å². The number of halogens is 2. The molecule has 0 bridgehead atoms. The van der Waals surface area contributed by atoms with Gasteiger partial charge in [-0.3, -0.25) is 9.59 Å². The van der Waals surface area contributed by atoms with E-state index in [9.17, 15) is 9.59 Å². The number of benzene rings is 1. The summed E-state index contributed by atoms with van der Waals surface area (Å²) in [6.07, 6.45) is 4.44. The summed E-state index contributed by atoms with van der Waals surface area (Å²) in [6, 6.07) is 11.5. The van der Waals surface area contributed by atoms with Crippen LogP contribution in [0.3, 0.4) is 0 Å². The maximum absolute atomic E-state index is 12.2. The molecule has 132 valence electrons. The Kier molecular flexibility index (Phi) is 5.78. The van der Waals surface area contributed by atoms with E-state index in [2.05, 4.69) is 10.6 Å². The minimum Gasteiger partial charge on any atom is -0.459 e. The molecule has 2 heterocycles. The maximum Gasteiger partial charge on any atom is 0.291 e. The molecule has 0 saturated carbocycles. The Labute approximate surface area is 163 Å². The van der Waals surface area contributed by atoms with E-state index >= 15 is 0 Å². The number of anilines is 2. The van der Waals surface area contributed by atoms with Gasteiger partial charge in [-0.25, -0.2) is 0 Å². The quantitative estimate of drug-likeness (QED) is 0.545. The molecular formula is C18H12Cl2N2O3S. The lowest BCUT2D eigenvalue weighted by Crippen LogP contribution is -2.15. The van der Waals surface area contributed by atoms with Crippen molar-refractivity contribution in [1.82, 2.24) is 0 Å². The largest absolute Gasteiger partial charge is 0.459 e. The van der Waals surface area contributed by atoms with E-state index in [0.717, 1.165) is 4.88 Å². The van der Waals surface area contributed by atoms with E-state index in [1.165, 1.54) is 29.7 Å². The third kappa shape index (κ3) is 4.76. The summed E-state index contributed by atoms with van der Waals surface area (Å²) >= 11 is 13.2. The maximum atomic E-state index is 12.2. The Morgan fingerprint density at radius 2 is 1.88 bits per heavy atom. The number of hydrogen-bond acceptors (Lipinski definition) is 4. The molecule has 0 radical (unpaired) electrons. The first-order chi connectivity index (χ1) is 12.5. The van der Waals surface area contributed by atoms with E-state index < -0.39 is 5.91 Å². The van der Waals surface area contributed by atoms with Gasteiger partial charge in [-0.2, -0.15) is 0 Å². The van der Waals surface area contributed by atoms with Crippen molar-refractivity contribution in [2.75, 3.05) is 10.6 Å². The van der Waals surface area contributed by atoms with Crippen LogP contribution in [0.5, 0.6) is 0 Å². The van der Waals surface area contributed by atoms with Crippen LogP contribution < -0.4 is 10.6 Å². The molecule has 0 unspecified atom stereocenters. The summed E-state index contributed by atoms with van der Waals surface area (Å²) < 4.78 is 5.70. The molecule has 0 atom stereocenters. The van der Waals surface area contributed by atoms with Crippen LogP contribution in [-0.2, 0) is 4.79 Å². The molecule has 0 aliphatic heterocycles. The van der Waals surface area contributed by atoms with Gasteiger partial charge in [0.1, 0.15) is 0 Å². The van der Waals surface area contributed by atoms with Crippen molar-refractivity contribution in [3.05, 3.63) is 74.8 Å². The molecule has 2 aromatic heterocycles. The molecule has 2 amide bonds. The molecule has 0 aliphatic carbocycles.